The second-order valence-corrected chi connectivity index (χ2v) is 6.04. The van der Waals surface area contributed by atoms with E-state index in [-0.39, 0.29) is 5.41 Å². The highest BCUT2D eigenvalue weighted by atomic mass is 14.9. The van der Waals surface area contributed by atoms with E-state index in [0.29, 0.717) is 12.1 Å². The summed E-state index contributed by atoms with van der Waals surface area (Å²) in [6, 6.07) is 11.6. The molecule has 2 atom stereocenters. The molecular formula is C18H27N. The van der Waals surface area contributed by atoms with Gasteiger partial charge in [-0.15, -0.1) is 12.3 Å². The standard InChI is InChI=1S/C18H27N/c1-6-11-17(7-2)19-15(3)14-18(4,5)16-12-9-8-10-13-16/h1,8-10,12-13,15,17,19H,7,11,14H2,2-5H3. The molecule has 19 heavy (non-hydrogen) atoms. The van der Waals surface area contributed by atoms with Crippen LogP contribution in [0, 0.1) is 12.3 Å². The number of nitrogens with one attached hydrogen (secondary N) is 1. The Bertz CT molecular complexity index is 399. The summed E-state index contributed by atoms with van der Waals surface area (Å²) in [6.07, 6.45) is 8.41. The molecule has 1 rings (SSSR count). The van der Waals surface area contributed by atoms with Crippen molar-refractivity contribution in [3.05, 3.63) is 35.9 Å². The smallest absolute Gasteiger partial charge is 0.0240 e. The van der Waals surface area contributed by atoms with E-state index in [2.05, 4.69) is 69.3 Å². The fraction of sp³-hybridized carbons (Fsp3) is 0.556. The third-order valence-electron chi connectivity index (χ3n) is 3.75. The summed E-state index contributed by atoms with van der Waals surface area (Å²) in [6.45, 7) is 9.05. The van der Waals surface area contributed by atoms with Gasteiger partial charge >= 0.3 is 0 Å². The van der Waals surface area contributed by atoms with Crippen LogP contribution in [0.25, 0.3) is 0 Å². The van der Waals surface area contributed by atoms with Crippen molar-refractivity contribution in [1.82, 2.24) is 5.32 Å². The maximum atomic E-state index is 5.41. The van der Waals surface area contributed by atoms with Gasteiger partial charge in [0, 0.05) is 18.5 Å². The molecule has 0 saturated carbocycles. The van der Waals surface area contributed by atoms with Crippen LogP contribution >= 0.6 is 0 Å². The second-order valence-electron chi connectivity index (χ2n) is 6.04. The molecule has 104 valence electrons. The van der Waals surface area contributed by atoms with Crippen LogP contribution in [-0.4, -0.2) is 12.1 Å². The topological polar surface area (TPSA) is 12.0 Å². The van der Waals surface area contributed by atoms with E-state index in [1.807, 2.05) is 0 Å². The van der Waals surface area contributed by atoms with Crippen LogP contribution < -0.4 is 5.32 Å². The van der Waals surface area contributed by atoms with Crippen molar-refractivity contribution < 1.29 is 0 Å². The minimum absolute atomic E-state index is 0.183. The van der Waals surface area contributed by atoms with Crippen molar-refractivity contribution in [1.29, 1.82) is 0 Å². The molecule has 0 aromatic heterocycles. The Balaban J connectivity index is 2.60. The van der Waals surface area contributed by atoms with Crippen LogP contribution in [0.1, 0.15) is 52.5 Å². The van der Waals surface area contributed by atoms with Gasteiger partial charge in [-0.2, -0.15) is 0 Å². The van der Waals surface area contributed by atoms with E-state index >= 15 is 0 Å². The van der Waals surface area contributed by atoms with Crippen molar-refractivity contribution in [2.75, 3.05) is 0 Å². The monoisotopic (exact) mass is 257 g/mol. The quantitative estimate of drug-likeness (QED) is 0.724. The van der Waals surface area contributed by atoms with Crippen molar-refractivity contribution in [2.45, 2.75) is 64.5 Å². The van der Waals surface area contributed by atoms with Gasteiger partial charge in [0.05, 0.1) is 0 Å². The lowest BCUT2D eigenvalue weighted by Crippen LogP contribution is -2.39. The number of terminal acetylenes is 1. The summed E-state index contributed by atoms with van der Waals surface area (Å²) in [7, 11) is 0. The first kappa shape index (κ1) is 15.8. The summed E-state index contributed by atoms with van der Waals surface area (Å²) in [5.74, 6) is 2.76. The number of hydrogen-bond donors (Lipinski definition) is 1. The molecule has 1 aromatic rings. The van der Waals surface area contributed by atoms with Crippen molar-refractivity contribution >= 4 is 0 Å². The zero-order valence-corrected chi connectivity index (χ0v) is 12.7. The van der Waals surface area contributed by atoms with E-state index in [9.17, 15) is 0 Å². The van der Waals surface area contributed by atoms with Crippen molar-refractivity contribution in [3.63, 3.8) is 0 Å². The van der Waals surface area contributed by atoms with Crippen LogP contribution in [0.2, 0.25) is 0 Å². The normalized spacial score (nSPS) is 14.7. The SMILES string of the molecule is C#CCC(CC)NC(C)CC(C)(C)c1ccccc1. The summed E-state index contributed by atoms with van der Waals surface area (Å²) in [5, 5.41) is 3.65. The predicted octanol–water partition coefficient (Wildman–Crippen LogP) is 4.13. The number of hydrogen-bond acceptors (Lipinski definition) is 1. The minimum atomic E-state index is 0.183. The molecule has 0 heterocycles. The highest BCUT2D eigenvalue weighted by Gasteiger charge is 2.23. The number of benzene rings is 1. The van der Waals surface area contributed by atoms with Gasteiger partial charge in [0.2, 0.25) is 0 Å². The summed E-state index contributed by atoms with van der Waals surface area (Å²) in [4.78, 5) is 0. The van der Waals surface area contributed by atoms with Gasteiger partial charge in [0.15, 0.2) is 0 Å². The lowest BCUT2D eigenvalue weighted by Gasteiger charge is -2.31. The maximum Gasteiger partial charge on any atom is 0.0240 e. The molecule has 1 N–H and O–H groups in total. The Morgan fingerprint density at radius 3 is 2.42 bits per heavy atom. The molecule has 1 nitrogen and oxygen atoms in total. The van der Waals surface area contributed by atoms with E-state index < -0.39 is 0 Å². The zero-order chi connectivity index (χ0) is 14.3. The highest BCUT2D eigenvalue weighted by Crippen LogP contribution is 2.28. The minimum Gasteiger partial charge on any atom is -0.311 e. The van der Waals surface area contributed by atoms with Crippen LogP contribution in [0.4, 0.5) is 0 Å². The van der Waals surface area contributed by atoms with Crippen molar-refractivity contribution in [3.8, 4) is 12.3 Å². The fourth-order valence-corrected chi connectivity index (χ4v) is 2.70. The van der Waals surface area contributed by atoms with E-state index in [0.717, 1.165) is 19.3 Å². The lowest BCUT2D eigenvalue weighted by molar-refractivity contribution is 0.352. The Hall–Kier alpha value is -1.26. The Kier molecular flexibility index (Phi) is 6.12. The van der Waals surface area contributed by atoms with Crippen molar-refractivity contribution in [2.24, 2.45) is 0 Å². The number of rotatable bonds is 7. The first-order valence-electron chi connectivity index (χ1n) is 7.24. The molecular weight excluding hydrogens is 230 g/mol. The molecule has 0 spiro atoms. The molecule has 0 saturated heterocycles. The van der Waals surface area contributed by atoms with E-state index in [1.54, 1.807) is 0 Å². The molecule has 2 unspecified atom stereocenters. The van der Waals surface area contributed by atoms with Crippen LogP contribution in [0.5, 0.6) is 0 Å². The predicted molar refractivity (Wildman–Crippen MR) is 84.2 cm³/mol. The third kappa shape index (κ3) is 5.09. The molecule has 0 aliphatic carbocycles. The molecule has 0 aliphatic rings. The van der Waals surface area contributed by atoms with Gasteiger partial charge in [-0.1, -0.05) is 51.1 Å². The molecule has 0 aliphatic heterocycles. The summed E-state index contributed by atoms with van der Waals surface area (Å²) in [5.41, 5.74) is 1.58. The molecule has 0 amide bonds. The van der Waals surface area contributed by atoms with Crippen LogP contribution in [0.15, 0.2) is 30.3 Å². The molecule has 0 radical (unpaired) electrons. The largest absolute Gasteiger partial charge is 0.311 e. The van der Waals surface area contributed by atoms with Gasteiger partial charge < -0.3 is 5.32 Å². The molecule has 1 heteroatoms. The highest BCUT2D eigenvalue weighted by molar-refractivity contribution is 5.23. The average Bonchev–Trinajstić information content (AvgIpc) is 2.38. The van der Waals surface area contributed by atoms with Gasteiger partial charge in [-0.3, -0.25) is 0 Å². The first-order valence-corrected chi connectivity index (χ1v) is 7.24. The van der Waals surface area contributed by atoms with Gasteiger partial charge in [-0.05, 0) is 30.7 Å². The Labute approximate surface area is 118 Å². The van der Waals surface area contributed by atoms with Crippen LogP contribution in [0.3, 0.4) is 0 Å². The Morgan fingerprint density at radius 2 is 1.89 bits per heavy atom. The molecule has 1 aromatic carbocycles. The maximum absolute atomic E-state index is 5.41. The molecule has 0 fully saturated rings. The summed E-state index contributed by atoms with van der Waals surface area (Å²) < 4.78 is 0. The zero-order valence-electron chi connectivity index (χ0n) is 12.7. The molecule has 0 bridgehead atoms. The lowest BCUT2D eigenvalue weighted by atomic mass is 9.79. The van der Waals surface area contributed by atoms with E-state index in [4.69, 9.17) is 6.42 Å². The third-order valence-corrected chi connectivity index (χ3v) is 3.75. The van der Waals surface area contributed by atoms with Gasteiger partial charge in [-0.25, -0.2) is 0 Å². The average molecular weight is 257 g/mol. The van der Waals surface area contributed by atoms with Gasteiger partial charge in [0.1, 0.15) is 0 Å². The van der Waals surface area contributed by atoms with Crippen LogP contribution in [-0.2, 0) is 5.41 Å². The fourth-order valence-electron chi connectivity index (χ4n) is 2.70. The van der Waals surface area contributed by atoms with E-state index in [1.165, 1.54) is 5.56 Å². The first-order chi connectivity index (χ1) is 8.99. The summed E-state index contributed by atoms with van der Waals surface area (Å²) >= 11 is 0. The second kappa shape index (κ2) is 7.36. The Morgan fingerprint density at radius 1 is 1.26 bits per heavy atom. The van der Waals surface area contributed by atoms with Gasteiger partial charge in [0.25, 0.3) is 0 Å².